The molecule has 94 valence electrons. The van der Waals surface area contributed by atoms with E-state index in [9.17, 15) is 8.42 Å². The van der Waals surface area contributed by atoms with Crippen LogP contribution in [0.3, 0.4) is 0 Å². The van der Waals surface area contributed by atoms with Gasteiger partial charge in [-0.15, -0.1) is 15.0 Å². The molecule has 0 amide bonds. The van der Waals surface area contributed by atoms with Crippen LogP contribution in [0.25, 0.3) is 10.2 Å². The van der Waals surface area contributed by atoms with E-state index in [2.05, 4.69) is 14.7 Å². The van der Waals surface area contributed by atoms with Crippen LogP contribution in [-0.4, -0.2) is 22.5 Å². The summed E-state index contributed by atoms with van der Waals surface area (Å²) in [6.07, 6.45) is 0. The summed E-state index contributed by atoms with van der Waals surface area (Å²) < 4.78 is 39.3. The maximum atomic E-state index is 9.35. The number of nitrogens with one attached hydrogen (secondary N) is 1. The van der Waals surface area contributed by atoms with Crippen molar-refractivity contribution in [2.24, 2.45) is 0 Å². The monoisotopic (exact) mass is 313 g/mol. The molecular formula is C7H7NO5S4. The van der Waals surface area contributed by atoms with Crippen LogP contribution in [0.5, 0.6) is 0 Å². The van der Waals surface area contributed by atoms with E-state index in [1.807, 2.05) is 18.2 Å². The molecule has 0 unspecified atom stereocenters. The van der Waals surface area contributed by atoms with Crippen molar-refractivity contribution in [3.05, 3.63) is 28.2 Å². The summed E-state index contributed by atoms with van der Waals surface area (Å²) in [5.74, 6) is 0. The third-order valence-corrected chi connectivity index (χ3v) is 3.59. The van der Waals surface area contributed by atoms with Gasteiger partial charge in [0.05, 0.1) is 10.2 Å². The molecule has 2 rings (SSSR count). The van der Waals surface area contributed by atoms with E-state index in [4.69, 9.17) is 21.3 Å². The summed E-state index contributed by atoms with van der Waals surface area (Å²) in [5.41, 5.74) is 1.14. The van der Waals surface area contributed by atoms with Gasteiger partial charge < -0.3 is 4.98 Å². The molecular weight excluding hydrogens is 306 g/mol. The lowest BCUT2D eigenvalue weighted by Gasteiger charge is -1.82. The van der Waals surface area contributed by atoms with Gasteiger partial charge >= 0.3 is 22.7 Å². The van der Waals surface area contributed by atoms with Crippen molar-refractivity contribution in [2.45, 2.75) is 0 Å². The highest BCUT2D eigenvalue weighted by molar-refractivity contribution is 7.87. The first kappa shape index (κ1) is 14.6. The molecule has 0 spiro atoms. The number of fused-ring (bicyclic) bond motifs is 1. The third-order valence-electron chi connectivity index (χ3n) is 1.44. The van der Waals surface area contributed by atoms with Gasteiger partial charge in [0.1, 0.15) is 0 Å². The minimum atomic E-state index is -2.65. The summed E-state index contributed by atoms with van der Waals surface area (Å²) in [4.78, 5) is 3.09. The molecule has 1 aromatic heterocycles. The molecule has 10 heteroatoms. The highest BCUT2D eigenvalue weighted by Gasteiger charge is 1.96. The number of thiazole rings is 1. The molecule has 0 bridgehead atoms. The van der Waals surface area contributed by atoms with E-state index in [1.54, 1.807) is 11.3 Å². The summed E-state index contributed by atoms with van der Waals surface area (Å²) >= 11 is 1.30. The molecule has 2 aromatic rings. The molecule has 0 saturated heterocycles. The average Bonchev–Trinajstić information content (AvgIpc) is 2.56. The van der Waals surface area contributed by atoms with Crippen molar-refractivity contribution in [3.8, 4) is 0 Å². The summed E-state index contributed by atoms with van der Waals surface area (Å²) in [6, 6.07) is 8.11. The van der Waals surface area contributed by atoms with Gasteiger partial charge in [0, 0.05) is 0 Å². The Hall–Kier alpha value is -0.490. The van der Waals surface area contributed by atoms with E-state index in [0.717, 1.165) is 9.47 Å². The van der Waals surface area contributed by atoms with Gasteiger partial charge in [-0.05, 0) is 24.4 Å². The first-order chi connectivity index (χ1) is 7.99. The maximum Gasteiger partial charge on any atom is 0.317 e. The standard InChI is InChI=1S/C7H5NS2.H2O5S2/c9-7-8-5-3-1-2-4-6(5)10-7;1-6(2)5-7(3)4/h1-4H,(H,8,9);(H,1,2)(H,3,4). The third kappa shape index (κ3) is 5.59. The van der Waals surface area contributed by atoms with Crippen LogP contribution in [0.2, 0.25) is 0 Å². The van der Waals surface area contributed by atoms with Gasteiger partial charge in [-0.3, -0.25) is 9.11 Å². The Kier molecular flexibility index (Phi) is 6.05. The second-order valence-corrected chi connectivity index (χ2v) is 5.64. The van der Waals surface area contributed by atoms with E-state index in [0.29, 0.717) is 0 Å². The molecule has 3 N–H and O–H groups in total. The molecule has 0 fully saturated rings. The highest BCUT2D eigenvalue weighted by atomic mass is 32.3. The first-order valence-electron chi connectivity index (χ1n) is 3.97. The Bertz CT molecular complexity index is 543. The normalized spacial score (nSPS) is 13.8. The lowest BCUT2D eigenvalue weighted by atomic mass is 10.3. The Morgan fingerprint density at radius 2 is 1.82 bits per heavy atom. The van der Waals surface area contributed by atoms with Crippen LogP contribution < -0.4 is 0 Å². The van der Waals surface area contributed by atoms with Crippen LogP contribution in [0.4, 0.5) is 0 Å². The smallest absolute Gasteiger partial charge is 0.317 e. The Labute approximate surface area is 111 Å². The Balaban J connectivity index is 0.000000185. The predicted octanol–water partition coefficient (Wildman–Crippen LogP) is 2.24. The number of hydrogen-bond acceptors (Lipinski definition) is 5. The Morgan fingerprint density at radius 3 is 2.29 bits per heavy atom. The van der Waals surface area contributed by atoms with Crippen LogP contribution in [-0.2, 0) is 26.4 Å². The average molecular weight is 313 g/mol. The van der Waals surface area contributed by atoms with Crippen LogP contribution in [0, 0.1) is 3.95 Å². The van der Waals surface area contributed by atoms with Crippen molar-refractivity contribution < 1.29 is 21.2 Å². The van der Waals surface area contributed by atoms with E-state index in [-0.39, 0.29) is 0 Å². The predicted molar refractivity (Wildman–Crippen MR) is 69.6 cm³/mol. The van der Waals surface area contributed by atoms with E-state index < -0.39 is 22.7 Å². The largest absolute Gasteiger partial charge is 0.337 e. The Morgan fingerprint density at radius 1 is 1.24 bits per heavy atom. The fourth-order valence-electron chi connectivity index (χ4n) is 0.944. The second kappa shape index (κ2) is 7.06. The van der Waals surface area contributed by atoms with Crippen molar-refractivity contribution in [1.82, 2.24) is 4.98 Å². The van der Waals surface area contributed by atoms with Crippen molar-refractivity contribution in [2.75, 3.05) is 0 Å². The van der Waals surface area contributed by atoms with Crippen molar-refractivity contribution in [3.63, 3.8) is 0 Å². The maximum absolute atomic E-state index is 9.35. The summed E-state index contributed by atoms with van der Waals surface area (Å²) in [5, 5.41) is 0. The lowest BCUT2D eigenvalue weighted by molar-refractivity contribution is 0.427. The highest BCUT2D eigenvalue weighted by Crippen LogP contribution is 2.17. The fraction of sp³-hybridized carbons (Fsp3) is 0. The van der Waals surface area contributed by atoms with Crippen molar-refractivity contribution >= 4 is 56.5 Å². The molecule has 17 heavy (non-hydrogen) atoms. The van der Waals surface area contributed by atoms with Crippen LogP contribution >= 0.6 is 23.6 Å². The number of H-pyrrole nitrogens is 1. The molecule has 1 heterocycles. The fourth-order valence-corrected chi connectivity index (χ4v) is 2.46. The van der Waals surface area contributed by atoms with Gasteiger partial charge in [0.25, 0.3) is 0 Å². The second-order valence-electron chi connectivity index (χ2n) is 2.51. The summed E-state index contributed by atoms with van der Waals surface area (Å²) in [6.45, 7) is 0. The number of rotatable bonds is 2. The number of benzene rings is 1. The van der Waals surface area contributed by atoms with Crippen LogP contribution in [0.1, 0.15) is 0 Å². The van der Waals surface area contributed by atoms with Gasteiger partial charge in [0.15, 0.2) is 3.95 Å². The minimum absolute atomic E-state index is 0.848. The van der Waals surface area contributed by atoms with E-state index in [1.165, 1.54) is 4.70 Å². The first-order valence-corrected chi connectivity index (χ1v) is 7.26. The SMILES string of the molecule is O=S(O)OS(=O)O.S=c1[nH]c2ccccc2s1. The van der Waals surface area contributed by atoms with Gasteiger partial charge in [-0.2, -0.15) is 8.42 Å². The number of aromatic nitrogens is 1. The number of aromatic amines is 1. The van der Waals surface area contributed by atoms with Gasteiger partial charge in [0.2, 0.25) is 0 Å². The van der Waals surface area contributed by atoms with Gasteiger partial charge in [-0.25, -0.2) is 0 Å². The topological polar surface area (TPSA) is 99.6 Å². The molecule has 0 aliphatic carbocycles. The summed E-state index contributed by atoms with van der Waals surface area (Å²) in [7, 11) is 0. The molecule has 0 aliphatic rings. The van der Waals surface area contributed by atoms with Crippen LogP contribution in [0.15, 0.2) is 24.3 Å². The zero-order valence-electron chi connectivity index (χ0n) is 8.06. The van der Waals surface area contributed by atoms with Gasteiger partial charge in [-0.1, -0.05) is 12.1 Å². The molecule has 0 atom stereocenters. The molecule has 6 nitrogen and oxygen atoms in total. The number of hydrogen-bond donors (Lipinski definition) is 3. The quantitative estimate of drug-likeness (QED) is 0.581. The minimum Gasteiger partial charge on any atom is -0.337 e. The molecule has 0 radical (unpaired) electrons. The van der Waals surface area contributed by atoms with Crippen molar-refractivity contribution in [1.29, 1.82) is 0 Å². The molecule has 0 saturated carbocycles. The molecule has 0 aliphatic heterocycles. The lowest BCUT2D eigenvalue weighted by Crippen LogP contribution is -1.96. The zero-order valence-corrected chi connectivity index (χ0v) is 11.3. The van der Waals surface area contributed by atoms with E-state index >= 15 is 0 Å². The number of para-hydroxylation sites is 1. The molecule has 1 aromatic carbocycles. The zero-order chi connectivity index (χ0) is 12.8.